The predicted octanol–water partition coefficient (Wildman–Crippen LogP) is 5.12. The summed E-state index contributed by atoms with van der Waals surface area (Å²) in [4.78, 5) is 42.3. The fourth-order valence-electron chi connectivity index (χ4n) is 6.33. The number of hydrogen-bond donors (Lipinski definition) is 3. The third kappa shape index (κ3) is 7.82. The second kappa shape index (κ2) is 14.4. The molecule has 1 aliphatic heterocycles. The van der Waals surface area contributed by atoms with Gasteiger partial charge in [0, 0.05) is 12.5 Å². The third-order valence-electron chi connectivity index (χ3n) is 8.89. The molecule has 0 radical (unpaired) electrons. The van der Waals surface area contributed by atoms with Crippen molar-refractivity contribution in [2.75, 3.05) is 19.8 Å². The van der Waals surface area contributed by atoms with Crippen LogP contribution in [0, 0.1) is 11.3 Å². The second-order valence-electron chi connectivity index (χ2n) is 13.2. The maximum Gasteiger partial charge on any atom is 0.408 e. The van der Waals surface area contributed by atoms with Crippen molar-refractivity contribution < 1.29 is 33.3 Å². The van der Waals surface area contributed by atoms with Crippen molar-refractivity contribution >= 4 is 25.3 Å². The van der Waals surface area contributed by atoms with Gasteiger partial charge in [0.15, 0.2) is 0 Å². The van der Waals surface area contributed by atoms with Crippen LogP contribution in [0.25, 0.3) is 0 Å². The molecule has 1 aromatic carbocycles. The predicted molar refractivity (Wildman–Crippen MR) is 169 cm³/mol. The second-order valence-corrected chi connectivity index (χ2v) is 15.9. The first-order valence-electron chi connectivity index (χ1n) is 15.7. The van der Waals surface area contributed by atoms with Crippen LogP contribution in [0.1, 0.15) is 71.3 Å². The summed E-state index contributed by atoms with van der Waals surface area (Å²) < 4.78 is 26.4. The monoisotopic (exact) mass is 629 g/mol. The lowest BCUT2D eigenvalue weighted by Gasteiger charge is -2.36. The van der Waals surface area contributed by atoms with E-state index in [1.807, 2.05) is 51.1 Å². The molecule has 242 valence electrons. The number of alkyl carbamates (subject to hydrolysis) is 1. The number of ether oxygens (including phenoxy) is 1. The van der Waals surface area contributed by atoms with Gasteiger partial charge in [0.25, 0.3) is 0 Å². The zero-order valence-electron chi connectivity index (χ0n) is 26.2. The average Bonchev–Trinajstić information content (AvgIpc) is 3.30. The van der Waals surface area contributed by atoms with Crippen molar-refractivity contribution in [2.24, 2.45) is 11.3 Å². The van der Waals surface area contributed by atoms with Gasteiger partial charge in [0.2, 0.25) is 19.2 Å². The van der Waals surface area contributed by atoms with Gasteiger partial charge >= 0.3 is 6.09 Å². The Morgan fingerprint density at radius 3 is 2.45 bits per heavy atom. The van der Waals surface area contributed by atoms with Crippen LogP contribution in [0.3, 0.4) is 0 Å². The molecule has 5 atom stereocenters. The summed E-state index contributed by atoms with van der Waals surface area (Å²) in [6.45, 7) is 9.73. The molecule has 0 aromatic heterocycles. The van der Waals surface area contributed by atoms with E-state index >= 15 is 0 Å². The Hall–Kier alpha value is -2.94. The summed E-state index contributed by atoms with van der Waals surface area (Å²) >= 11 is 0. The number of hydrogen-bond acceptors (Lipinski definition) is 7. The number of carbonyl (C=O) groups is 3. The molecule has 1 saturated heterocycles. The number of nitrogens with zero attached hydrogens (tertiary/aromatic N) is 1. The highest BCUT2D eigenvalue weighted by molar-refractivity contribution is 7.60. The number of likely N-dealkylation sites (tertiary alicyclic amines) is 1. The molecule has 44 heavy (non-hydrogen) atoms. The molecular formula is C33H48N3O7P. The number of aliphatic hydroxyl groups excluding tert-OH is 1. The molecule has 1 aromatic rings. The van der Waals surface area contributed by atoms with E-state index in [0.717, 1.165) is 31.2 Å². The smallest absolute Gasteiger partial charge is 0.408 e. The molecule has 2 saturated carbocycles. The first-order chi connectivity index (χ1) is 20.9. The number of benzene rings is 1. The fraction of sp³-hybridized carbons (Fsp3) is 0.606. The number of aliphatic hydroxyl groups is 1. The van der Waals surface area contributed by atoms with E-state index in [0.29, 0.717) is 25.8 Å². The highest BCUT2D eigenvalue weighted by Gasteiger charge is 2.66. The van der Waals surface area contributed by atoms with Crippen LogP contribution in [-0.4, -0.2) is 71.1 Å². The van der Waals surface area contributed by atoms with Crippen LogP contribution in [0.15, 0.2) is 55.1 Å². The van der Waals surface area contributed by atoms with Crippen LogP contribution in [0.4, 0.5) is 4.79 Å². The lowest BCUT2D eigenvalue weighted by Crippen LogP contribution is -2.58. The molecule has 10 nitrogen and oxygen atoms in total. The minimum absolute atomic E-state index is 0.0100. The van der Waals surface area contributed by atoms with Gasteiger partial charge in [-0.1, -0.05) is 69.3 Å². The zero-order chi connectivity index (χ0) is 32.0. The van der Waals surface area contributed by atoms with Crippen molar-refractivity contribution in [1.82, 2.24) is 15.5 Å². The summed E-state index contributed by atoms with van der Waals surface area (Å²) in [6, 6.07) is 7.65. The van der Waals surface area contributed by atoms with Crippen LogP contribution < -0.4 is 10.6 Å². The minimum atomic E-state index is -3.58. The minimum Gasteiger partial charge on any atom is -0.446 e. The molecule has 3 aliphatic rings. The average molecular weight is 630 g/mol. The molecule has 3 fully saturated rings. The first-order valence-corrected chi connectivity index (χ1v) is 17.5. The van der Waals surface area contributed by atoms with Crippen LogP contribution in [0.5, 0.6) is 0 Å². The van der Waals surface area contributed by atoms with Gasteiger partial charge < -0.3 is 29.9 Å². The SMILES string of the molecule is C=C[C@@H]1C[C@]1(NC(=O)[C@@H]1CCCN1C(=O)[C@@H](NC(=O)OC1CCCC1)C(C)(C)C)P(=O)(Cc1ccccc1)OC/C=C\CO. The summed E-state index contributed by atoms with van der Waals surface area (Å²) in [5.74, 6) is -1.02. The quantitative estimate of drug-likeness (QED) is 0.204. The topological polar surface area (TPSA) is 134 Å². The summed E-state index contributed by atoms with van der Waals surface area (Å²) in [7, 11) is -3.58. The molecule has 1 unspecified atom stereocenters. The van der Waals surface area contributed by atoms with Crippen LogP contribution in [0.2, 0.25) is 0 Å². The number of rotatable bonds is 13. The van der Waals surface area contributed by atoms with E-state index in [4.69, 9.17) is 14.4 Å². The van der Waals surface area contributed by atoms with E-state index in [9.17, 15) is 18.9 Å². The molecule has 0 spiro atoms. The van der Waals surface area contributed by atoms with Crippen LogP contribution in [-0.2, 0) is 29.6 Å². The Balaban J connectivity index is 1.54. The molecular weight excluding hydrogens is 581 g/mol. The lowest BCUT2D eigenvalue weighted by atomic mass is 9.85. The van der Waals surface area contributed by atoms with E-state index < -0.39 is 42.1 Å². The maximum atomic E-state index is 14.7. The van der Waals surface area contributed by atoms with Crippen molar-refractivity contribution in [3.8, 4) is 0 Å². The van der Waals surface area contributed by atoms with E-state index in [2.05, 4.69) is 17.2 Å². The van der Waals surface area contributed by atoms with Crippen molar-refractivity contribution in [2.45, 2.75) is 95.3 Å². The molecule has 11 heteroatoms. The van der Waals surface area contributed by atoms with Gasteiger partial charge in [0.1, 0.15) is 23.5 Å². The van der Waals surface area contributed by atoms with Gasteiger partial charge in [-0.3, -0.25) is 14.2 Å². The first kappa shape index (κ1) is 33.9. The largest absolute Gasteiger partial charge is 0.446 e. The van der Waals surface area contributed by atoms with Gasteiger partial charge in [0.05, 0.1) is 19.4 Å². The Morgan fingerprint density at radius 2 is 1.84 bits per heavy atom. The summed E-state index contributed by atoms with van der Waals surface area (Å²) in [5, 5.41) is 13.9. The van der Waals surface area contributed by atoms with Crippen LogP contribution >= 0.6 is 7.37 Å². The standard InChI is InChI=1S/C33H48N3O7P/c1-5-25-22-33(25,44(41,42-21-12-11-20-37)23-24-14-7-6-8-15-24)35-29(38)27-18-13-19-36(27)30(39)28(32(2,3)4)34-31(40)43-26-16-9-10-17-26/h5-8,11-12,14-15,25-28,37H,1,9-10,13,16-23H2,2-4H3,(H,34,40)(H,35,38)/b12-11-/t25-,27+,28-,33+,44?/m1/s1. The summed E-state index contributed by atoms with van der Waals surface area (Å²) in [5.41, 5.74) is 0.175. The van der Waals surface area contributed by atoms with E-state index in [1.54, 1.807) is 12.2 Å². The Bertz CT molecular complexity index is 1260. The molecule has 3 amide bonds. The highest BCUT2D eigenvalue weighted by atomic mass is 31.2. The number of nitrogens with one attached hydrogen (secondary N) is 2. The van der Waals surface area contributed by atoms with Gasteiger partial charge in [-0.2, -0.15) is 0 Å². The maximum absolute atomic E-state index is 14.7. The molecule has 4 rings (SSSR count). The number of carbonyl (C=O) groups excluding carboxylic acids is 3. The summed E-state index contributed by atoms with van der Waals surface area (Å²) in [6.07, 6.45) is 9.29. The van der Waals surface area contributed by atoms with E-state index in [-0.39, 0.29) is 37.3 Å². The molecule has 1 heterocycles. The van der Waals surface area contributed by atoms with Crippen molar-refractivity contribution in [1.29, 1.82) is 0 Å². The third-order valence-corrected chi connectivity index (χ3v) is 12.1. The zero-order valence-corrected chi connectivity index (χ0v) is 27.1. The van der Waals surface area contributed by atoms with Crippen molar-refractivity contribution in [3.05, 3.63) is 60.7 Å². The molecule has 3 N–H and O–H groups in total. The van der Waals surface area contributed by atoms with Gasteiger partial charge in [-0.25, -0.2) is 4.79 Å². The van der Waals surface area contributed by atoms with Gasteiger partial charge in [-0.05, 0) is 55.9 Å². The fourth-order valence-corrected chi connectivity index (χ4v) is 9.32. The lowest BCUT2D eigenvalue weighted by molar-refractivity contribution is -0.142. The Kier molecular flexibility index (Phi) is 11.1. The Labute approximate surface area is 261 Å². The molecule has 0 bridgehead atoms. The van der Waals surface area contributed by atoms with E-state index in [1.165, 1.54) is 11.0 Å². The normalized spacial score (nSPS) is 25.8. The number of amides is 3. The molecule has 2 aliphatic carbocycles. The Morgan fingerprint density at radius 1 is 1.14 bits per heavy atom. The van der Waals surface area contributed by atoms with Crippen molar-refractivity contribution in [3.63, 3.8) is 0 Å². The van der Waals surface area contributed by atoms with Gasteiger partial charge in [-0.15, -0.1) is 6.58 Å². The highest BCUT2D eigenvalue weighted by Crippen LogP contribution is 2.73.